The number of hydrogen-bond acceptors (Lipinski definition) is 5. The number of rotatable bonds is 6. The van der Waals surface area contributed by atoms with E-state index in [1.165, 1.54) is 0 Å². The average Bonchev–Trinajstić information content (AvgIpc) is 3.18. The third-order valence-electron chi connectivity index (χ3n) is 5.15. The Labute approximate surface area is 178 Å². The van der Waals surface area contributed by atoms with Crippen molar-refractivity contribution in [2.75, 3.05) is 18.5 Å². The van der Waals surface area contributed by atoms with Crippen LogP contribution in [0, 0.1) is 0 Å². The molecule has 1 fully saturated rings. The molecule has 0 radical (unpaired) electrons. The zero-order valence-corrected chi connectivity index (χ0v) is 17.9. The maximum atomic E-state index is 13.0. The first-order valence-electron chi connectivity index (χ1n) is 9.87. The molecule has 2 N–H and O–H groups in total. The third kappa shape index (κ3) is 4.43. The second-order valence-electron chi connectivity index (χ2n) is 7.08. The lowest BCUT2D eigenvalue weighted by Crippen LogP contribution is -2.30. The number of carbonyl (C=O) groups is 1. The molecule has 0 unspecified atom stereocenters. The van der Waals surface area contributed by atoms with Crippen LogP contribution in [0.5, 0.6) is 0 Å². The number of fused-ring (bicyclic) bond motifs is 1. The predicted octanol–water partition coefficient (Wildman–Crippen LogP) is 3.73. The number of pyridine rings is 1. The first-order chi connectivity index (χ1) is 14.2. The second kappa shape index (κ2) is 8.92. The van der Waals surface area contributed by atoms with E-state index >= 15 is 0 Å². The molecule has 2 aromatic heterocycles. The molecule has 0 atom stereocenters. The zero-order valence-electron chi connectivity index (χ0n) is 16.3. The van der Waals surface area contributed by atoms with Gasteiger partial charge in [-0.15, -0.1) is 0 Å². The highest BCUT2D eigenvalue weighted by atomic mass is 79.9. The van der Waals surface area contributed by atoms with Crippen molar-refractivity contribution in [1.29, 1.82) is 0 Å². The molecule has 1 amide bonds. The molecule has 152 valence electrons. The predicted molar refractivity (Wildman–Crippen MR) is 116 cm³/mol. The van der Waals surface area contributed by atoms with E-state index in [1.54, 1.807) is 12.4 Å². The molecular weight excluding hydrogens is 434 g/mol. The van der Waals surface area contributed by atoms with Gasteiger partial charge in [0.2, 0.25) is 0 Å². The van der Waals surface area contributed by atoms with Gasteiger partial charge in [0.25, 0.3) is 5.91 Å². The molecule has 0 aliphatic carbocycles. The van der Waals surface area contributed by atoms with Crippen LogP contribution >= 0.6 is 15.9 Å². The van der Waals surface area contributed by atoms with Crippen molar-refractivity contribution >= 4 is 38.6 Å². The number of amides is 1. The van der Waals surface area contributed by atoms with Crippen LogP contribution in [0.25, 0.3) is 11.0 Å². The van der Waals surface area contributed by atoms with Crippen LogP contribution in [-0.2, 0) is 17.8 Å². The molecule has 0 bridgehead atoms. The summed E-state index contributed by atoms with van der Waals surface area (Å²) < 4.78 is 8.32. The second-order valence-corrected chi connectivity index (χ2v) is 8.00. The van der Waals surface area contributed by atoms with Crippen molar-refractivity contribution in [2.24, 2.45) is 0 Å². The van der Waals surface area contributed by atoms with Gasteiger partial charge in [-0.2, -0.15) is 5.10 Å². The minimum atomic E-state index is -0.152. The van der Waals surface area contributed by atoms with E-state index in [4.69, 9.17) is 4.74 Å². The van der Waals surface area contributed by atoms with Crippen molar-refractivity contribution in [3.05, 3.63) is 52.3 Å². The van der Waals surface area contributed by atoms with Gasteiger partial charge in [0.1, 0.15) is 0 Å². The molecule has 7 nitrogen and oxygen atoms in total. The summed E-state index contributed by atoms with van der Waals surface area (Å²) in [6.07, 6.45) is 5.26. The lowest BCUT2D eigenvalue weighted by atomic mass is 10.1. The topological polar surface area (TPSA) is 81.1 Å². The van der Waals surface area contributed by atoms with E-state index in [1.807, 2.05) is 35.9 Å². The van der Waals surface area contributed by atoms with Gasteiger partial charge in [0.05, 0.1) is 22.8 Å². The number of nitrogens with one attached hydrogen (secondary N) is 2. The molecule has 29 heavy (non-hydrogen) atoms. The molecule has 0 spiro atoms. The minimum absolute atomic E-state index is 0.152. The van der Waals surface area contributed by atoms with Crippen LogP contribution in [0.3, 0.4) is 0 Å². The van der Waals surface area contributed by atoms with Crippen molar-refractivity contribution in [2.45, 2.75) is 38.9 Å². The third-order valence-corrected chi connectivity index (χ3v) is 5.68. The van der Waals surface area contributed by atoms with Gasteiger partial charge in [-0.25, -0.2) is 9.67 Å². The Hall–Kier alpha value is -2.45. The number of ether oxygens (including phenoxy) is 1. The summed E-state index contributed by atoms with van der Waals surface area (Å²) in [7, 11) is 0. The Kier molecular flexibility index (Phi) is 6.10. The number of aryl methyl sites for hydroxylation is 1. The maximum absolute atomic E-state index is 13.0. The van der Waals surface area contributed by atoms with Gasteiger partial charge in [0.15, 0.2) is 5.65 Å². The Morgan fingerprint density at radius 2 is 2.00 bits per heavy atom. The molecule has 8 heteroatoms. The van der Waals surface area contributed by atoms with Crippen LogP contribution in [0.15, 0.2) is 41.1 Å². The molecule has 4 rings (SSSR count). The highest BCUT2D eigenvalue weighted by Gasteiger charge is 2.22. The Bertz CT molecular complexity index is 996. The molecule has 3 aromatic rings. The van der Waals surface area contributed by atoms with Gasteiger partial charge in [0, 0.05) is 43.0 Å². The number of aromatic nitrogens is 3. The summed E-state index contributed by atoms with van der Waals surface area (Å²) in [6, 6.07) is 8.16. The summed E-state index contributed by atoms with van der Waals surface area (Å²) >= 11 is 3.43. The van der Waals surface area contributed by atoms with Crippen LogP contribution in [0.1, 0.15) is 35.7 Å². The summed E-state index contributed by atoms with van der Waals surface area (Å²) in [5.41, 5.74) is 3.16. The lowest BCUT2D eigenvalue weighted by Gasteiger charge is -2.25. The molecule has 1 aromatic carbocycles. The fourth-order valence-electron chi connectivity index (χ4n) is 3.51. The van der Waals surface area contributed by atoms with Gasteiger partial charge >= 0.3 is 0 Å². The van der Waals surface area contributed by atoms with Gasteiger partial charge in [-0.05, 0) is 37.5 Å². The Morgan fingerprint density at radius 1 is 1.24 bits per heavy atom. The van der Waals surface area contributed by atoms with Crippen molar-refractivity contribution in [3.8, 4) is 0 Å². The van der Waals surface area contributed by atoms with Gasteiger partial charge in [-0.1, -0.05) is 28.1 Å². The highest BCUT2D eigenvalue weighted by molar-refractivity contribution is 9.10. The van der Waals surface area contributed by atoms with Crippen LogP contribution in [0.2, 0.25) is 0 Å². The zero-order chi connectivity index (χ0) is 20.2. The van der Waals surface area contributed by atoms with Crippen molar-refractivity contribution in [1.82, 2.24) is 20.1 Å². The molecule has 1 aliphatic rings. The summed E-state index contributed by atoms with van der Waals surface area (Å²) in [5, 5.41) is 11.9. The molecule has 1 aliphatic heterocycles. The Morgan fingerprint density at radius 3 is 2.72 bits per heavy atom. The van der Waals surface area contributed by atoms with E-state index in [9.17, 15) is 4.79 Å². The number of halogens is 1. The minimum Gasteiger partial charge on any atom is -0.381 e. The van der Waals surface area contributed by atoms with Crippen molar-refractivity contribution < 1.29 is 9.53 Å². The summed E-state index contributed by atoms with van der Waals surface area (Å²) in [4.78, 5) is 17.5. The van der Waals surface area contributed by atoms with Crippen molar-refractivity contribution in [3.63, 3.8) is 0 Å². The van der Waals surface area contributed by atoms with Gasteiger partial charge in [-0.3, -0.25) is 4.79 Å². The fourth-order valence-corrected chi connectivity index (χ4v) is 3.78. The SMILES string of the molecule is CCn1ncc2c(NC3CCOCC3)c(C(=O)NCc3ccc(Br)cc3)cnc21. The lowest BCUT2D eigenvalue weighted by molar-refractivity contribution is 0.0904. The molecule has 0 saturated carbocycles. The fraction of sp³-hybridized carbons (Fsp3) is 0.381. The number of hydrogen-bond donors (Lipinski definition) is 2. The maximum Gasteiger partial charge on any atom is 0.255 e. The van der Waals surface area contributed by atoms with E-state index < -0.39 is 0 Å². The van der Waals surface area contributed by atoms with Crippen LogP contribution in [-0.4, -0.2) is 39.9 Å². The van der Waals surface area contributed by atoms with Gasteiger partial charge < -0.3 is 15.4 Å². The molecule has 1 saturated heterocycles. The largest absolute Gasteiger partial charge is 0.381 e. The monoisotopic (exact) mass is 457 g/mol. The number of benzene rings is 1. The smallest absolute Gasteiger partial charge is 0.255 e. The average molecular weight is 458 g/mol. The number of carbonyl (C=O) groups excluding carboxylic acids is 1. The normalized spacial score (nSPS) is 14.8. The number of nitrogens with zero attached hydrogens (tertiary/aromatic N) is 3. The van der Waals surface area contributed by atoms with E-state index in [-0.39, 0.29) is 11.9 Å². The summed E-state index contributed by atoms with van der Waals surface area (Å²) in [5.74, 6) is -0.152. The van der Waals surface area contributed by atoms with Crippen LogP contribution < -0.4 is 10.6 Å². The number of anilines is 1. The highest BCUT2D eigenvalue weighted by Crippen LogP contribution is 2.28. The standard InChI is InChI=1S/C21H24BrN5O2/c1-2-27-20-17(13-25-27)19(26-16-7-9-29-10-8-16)18(12-23-20)21(28)24-11-14-3-5-15(22)6-4-14/h3-6,12-13,16H,2,7-11H2,1H3,(H,23,26)(H,24,28). The van der Waals surface area contributed by atoms with Crippen LogP contribution in [0.4, 0.5) is 5.69 Å². The van der Waals surface area contributed by atoms with E-state index in [0.29, 0.717) is 12.1 Å². The first-order valence-corrected chi connectivity index (χ1v) is 10.7. The quantitative estimate of drug-likeness (QED) is 0.589. The Balaban J connectivity index is 1.61. The summed E-state index contributed by atoms with van der Waals surface area (Å²) in [6.45, 7) is 4.66. The van der Waals surface area contributed by atoms with E-state index in [2.05, 4.69) is 36.6 Å². The van der Waals surface area contributed by atoms with E-state index in [0.717, 1.165) is 59.4 Å². The molecule has 3 heterocycles. The first kappa shape index (κ1) is 19.8. The molecular formula is C21H24BrN5O2.